The lowest BCUT2D eigenvalue weighted by Gasteiger charge is -2.30. The molecule has 0 saturated heterocycles. The number of nitriles is 1. The molecule has 0 radical (unpaired) electrons. The Hall–Kier alpha value is -2.67. The van der Waals surface area contributed by atoms with Crippen molar-refractivity contribution in [1.29, 1.82) is 5.26 Å². The van der Waals surface area contributed by atoms with Gasteiger partial charge in [0.15, 0.2) is 0 Å². The SMILES string of the molecule is CCOC(=O)C1=C(C)OC(N)=C(C#N)C1c1c(C(F)(F)F)ccc(Br)c1OC. The van der Waals surface area contributed by atoms with Crippen molar-refractivity contribution in [3.8, 4) is 11.8 Å². The number of carbonyl (C=O) groups is 1. The monoisotopic (exact) mass is 460 g/mol. The Morgan fingerprint density at radius 2 is 2.07 bits per heavy atom. The molecular formula is C18H16BrF3N2O4. The minimum Gasteiger partial charge on any atom is -0.495 e. The quantitative estimate of drug-likeness (QED) is 0.679. The van der Waals surface area contributed by atoms with Gasteiger partial charge in [-0.15, -0.1) is 0 Å². The van der Waals surface area contributed by atoms with E-state index in [1.165, 1.54) is 20.1 Å². The third-order valence-electron chi connectivity index (χ3n) is 4.05. The Morgan fingerprint density at radius 3 is 2.57 bits per heavy atom. The highest BCUT2D eigenvalue weighted by atomic mass is 79.9. The normalized spacial score (nSPS) is 17.1. The van der Waals surface area contributed by atoms with E-state index in [0.29, 0.717) is 0 Å². The number of carbonyl (C=O) groups excluding carboxylic acids is 1. The number of hydrogen-bond acceptors (Lipinski definition) is 6. The number of allylic oxidation sites excluding steroid dienone is 2. The second kappa shape index (κ2) is 8.14. The van der Waals surface area contributed by atoms with Crippen LogP contribution in [0.3, 0.4) is 0 Å². The smallest absolute Gasteiger partial charge is 0.416 e. The number of hydrogen-bond donors (Lipinski definition) is 1. The minimum absolute atomic E-state index is 0.0227. The van der Waals surface area contributed by atoms with E-state index >= 15 is 0 Å². The molecule has 0 amide bonds. The van der Waals surface area contributed by atoms with Crippen molar-refractivity contribution in [2.45, 2.75) is 25.9 Å². The highest BCUT2D eigenvalue weighted by Gasteiger charge is 2.44. The second-order valence-electron chi connectivity index (χ2n) is 5.65. The molecule has 1 aromatic carbocycles. The maximum Gasteiger partial charge on any atom is 0.416 e. The topological polar surface area (TPSA) is 94.6 Å². The Kier molecular flexibility index (Phi) is 6.29. The molecule has 6 nitrogen and oxygen atoms in total. The lowest BCUT2D eigenvalue weighted by atomic mass is 9.80. The first-order valence-electron chi connectivity index (χ1n) is 7.97. The standard InChI is InChI=1S/C18H16BrF3N2O4/c1-4-27-17(25)12-8(2)28-16(24)9(7-23)13(12)14-10(18(20,21)22)5-6-11(19)15(14)26-3/h5-6,13H,4,24H2,1-3H3. The molecule has 1 atom stereocenters. The van der Waals surface area contributed by atoms with Crippen LogP contribution >= 0.6 is 15.9 Å². The van der Waals surface area contributed by atoms with Crippen molar-refractivity contribution < 1.29 is 32.2 Å². The van der Waals surface area contributed by atoms with Crippen LogP contribution in [-0.4, -0.2) is 19.7 Å². The molecular weight excluding hydrogens is 445 g/mol. The number of halogens is 4. The number of benzene rings is 1. The highest BCUT2D eigenvalue weighted by Crippen LogP contribution is 2.50. The van der Waals surface area contributed by atoms with Crippen LogP contribution in [-0.2, 0) is 20.4 Å². The summed E-state index contributed by atoms with van der Waals surface area (Å²) < 4.78 is 57.0. The summed E-state index contributed by atoms with van der Waals surface area (Å²) in [6, 6.07) is 3.75. The summed E-state index contributed by atoms with van der Waals surface area (Å²) in [4.78, 5) is 12.5. The Bertz CT molecular complexity index is 917. The molecule has 2 rings (SSSR count). The molecule has 0 bridgehead atoms. The van der Waals surface area contributed by atoms with Crippen LogP contribution in [0.5, 0.6) is 5.75 Å². The molecule has 1 unspecified atom stereocenters. The molecule has 1 aliphatic heterocycles. The maximum absolute atomic E-state index is 13.8. The number of alkyl halides is 3. The molecule has 0 saturated carbocycles. The van der Waals surface area contributed by atoms with Crippen molar-refractivity contribution >= 4 is 21.9 Å². The van der Waals surface area contributed by atoms with Gasteiger partial charge < -0.3 is 19.9 Å². The zero-order chi connectivity index (χ0) is 21.2. The first kappa shape index (κ1) is 21.6. The van der Waals surface area contributed by atoms with Gasteiger partial charge in [-0.3, -0.25) is 0 Å². The average Bonchev–Trinajstić information content (AvgIpc) is 2.59. The van der Waals surface area contributed by atoms with Gasteiger partial charge in [0, 0.05) is 5.56 Å². The molecule has 1 heterocycles. The molecule has 1 aliphatic rings. The van der Waals surface area contributed by atoms with Crippen molar-refractivity contribution in [2.75, 3.05) is 13.7 Å². The van der Waals surface area contributed by atoms with E-state index in [9.17, 15) is 23.2 Å². The van der Waals surface area contributed by atoms with Gasteiger partial charge in [-0.2, -0.15) is 18.4 Å². The van der Waals surface area contributed by atoms with Gasteiger partial charge in [-0.25, -0.2) is 4.79 Å². The summed E-state index contributed by atoms with van der Waals surface area (Å²) in [6.45, 7) is 2.88. The minimum atomic E-state index is -4.79. The predicted octanol–water partition coefficient (Wildman–Crippen LogP) is 4.12. The lowest BCUT2D eigenvalue weighted by molar-refractivity contribution is -0.141. The van der Waals surface area contributed by atoms with Crippen LogP contribution < -0.4 is 10.5 Å². The van der Waals surface area contributed by atoms with Gasteiger partial charge in [-0.1, -0.05) is 0 Å². The second-order valence-corrected chi connectivity index (χ2v) is 6.51. The fourth-order valence-electron chi connectivity index (χ4n) is 2.96. The van der Waals surface area contributed by atoms with Gasteiger partial charge in [0.2, 0.25) is 5.88 Å². The van der Waals surface area contributed by atoms with Crippen LogP contribution in [0.25, 0.3) is 0 Å². The third-order valence-corrected chi connectivity index (χ3v) is 4.67. The highest BCUT2D eigenvalue weighted by molar-refractivity contribution is 9.10. The van der Waals surface area contributed by atoms with Crippen LogP contribution in [0, 0.1) is 11.3 Å². The Balaban J connectivity index is 2.94. The molecule has 150 valence electrons. The Morgan fingerprint density at radius 1 is 1.43 bits per heavy atom. The molecule has 0 fully saturated rings. The van der Waals surface area contributed by atoms with E-state index in [2.05, 4.69) is 15.9 Å². The summed E-state index contributed by atoms with van der Waals surface area (Å²) in [6.07, 6.45) is -4.79. The number of rotatable bonds is 4. The molecule has 2 N–H and O–H groups in total. The number of nitrogens with zero attached hydrogens (tertiary/aromatic N) is 1. The molecule has 10 heteroatoms. The summed E-state index contributed by atoms with van der Waals surface area (Å²) in [5.74, 6) is -3.04. The van der Waals surface area contributed by atoms with Crippen LogP contribution in [0.1, 0.15) is 30.9 Å². The number of nitrogens with two attached hydrogens (primary N) is 1. The summed E-state index contributed by atoms with van der Waals surface area (Å²) in [5, 5.41) is 9.56. The fourth-order valence-corrected chi connectivity index (χ4v) is 3.47. The van der Waals surface area contributed by atoms with Crippen molar-refractivity contribution in [3.05, 3.63) is 50.5 Å². The summed E-state index contributed by atoms with van der Waals surface area (Å²) >= 11 is 3.15. The van der Waals surface area contributed by atoms with E-state index in [0.717, 1.165) is 6.07 Å². The third kappa shape index (κ3) is 3.80. The van der Waals surface area contributed by atoms with E-state index in [1.54, 1.807) is 13.0 Å². The molecule has 28 heavy (non-hydrogen) atoms. The van der Waals surface area contributed by atoms with E-state index in [4.69, 9.17) is 19.9 Å². The summed E-state index contributed by atoms with van der Waals surface area (Å²) in [5.41, 5.74) is 3.63. The van der Waals surface area contributed by atoms with Crippen LogP contribution in [0.15, 0.2) is 39.4 Å². The predicted molar refractivity (Wildman–Crippen MR) is 95.7 cm³/mol. The molecule has 0 spiro atoms. The van der Waals surface area contributed by atoms with E-state index in [-0.39, 0.29) is 33.7 Å². The number of ether oxygens (including phenoxy) is 3. The van der Waals surface area contributed by atoms with Crippen molar-refractivity contribution in [2.24, 2.45) is 5.73 Å². The van der Waals surface area contributed by atoms with Crippen molar-refractivity contribution in [3.63, 3.8) is 0 Å². The van der Waals surface area contributed by atoms with Gasteiger partial charge >= 0.3 is 12.1 Å². The van der Waals surface area contributed by atoms with Gasteiger partial charge in [0.25, 0.3) is 0 Å². The van der Waals surface area contributed by atoms with Gasteiger partial charge in [0.05, 0.1) is 35.2 Å². The first-order chi connectivity index (χ1) is 13.1. The number of methoxy groups -OCH3 is 1. The Labute approximate surface area is 167 Å². The van der Waals surface area contributed by atoms with Gasteiger partial charge in [-0.05, 0) is 41.9 Å². The lowest BCUT2D eigenvalue weighted by Crippen LogP contribution is -2.27. The molecule has 0 aliphatic carbocycles. The van der Waals surface area contributed by atoms with Crippen molar-refractivity contribution in [1.82, 2.24) is 0 Å². The maximum atomic E-state index is 13.8. The van der Waals surface area contributed by atoms with Crippen LogP contribution in [0.2, 0.25) is 0 Å². The zero-order valence-corrected chi connectivity index (χ0v) is 16.7. The average molecular weight is 461 g/mol. The van der Waals surface area contributed by atoms with E-state index in [1.807, 2.05) is 0 Å². The zero-order valence-electron chi connectivity index (χ0n) is 15.1. The first-order valence-corrected chi connectivity index (χ1v) is 8.76. The largest absolute Gasteiger partial charge is 0.495 e. The fraction of sp³-hybridized carbons (Fsp3) is 0.333. The summed E-state index contributed by atoms with van der Waals surface area (Å²) in [7, 11) is 1.18. The van der Waals surface area contributed by atoms with E-state index < -0.39 is 35.1 Å². The molecule has 1 aromatic rings. The number of esters is 1. The van der Waals surface area contributed by atoms with Gasteiger partial charge in [0.1, 0.15) is 23.2 Å². The van der Waals surface area contributed by atoms with Crippen LogP contribution in [0.4, 0.5) is 13.2 Å². The molecule has 0 aromatic heterocycles.